The minimum Gasteiger partial charge on any atom is -0.207 e. The normalized spacial score (nSPS) is 11.0. The predicted molar refractivity (Wildman–Crippen MR) is 87.3 cm³/mol. The zero-order chi connectivity index (χ0) is 18.8. The van der Waals surface area contributed by atoms with Crippen LogP contribution in [0.3, 0.4) is 0 Å². The maximum Gasteiger partial charge on any atom is 0.177 e. The lowest BCUT2D eigenvalue weighted by atomic mass is 10.3. The molecule has 8 heteroatoms. The summed E-state index contributed by atoms with van der Waals surface area (Å²) >= 11 is 0.723. The lowest BCUT2D eigenvalue weighted by Crippen LogP contribution is -2.01. The maximum atomic E-state index is 14.3. The second-order valence-electron chi connectivity index (χ2n) is 5.03. The van der Waals surface area contributed by atoms with Crippen LogP contribution in [0.2, 0.25) is 0 Å². The molecule has 0 amide bonds. The van der Waals surface area contributed by atoms with Gasteiger partial charge in [0.05, 0.1) is 9.79 Å². The standard InChI is InChI=1S/C18H8F6S2/c19-9-3-1-5-11(7-9)25-17-13(21)15(23)18(16(24)14(17)22)26-12-6-2-4-10(20)8-12/h1-8H. The summed E-state index contributed by atoms with van der Waals surface area (Å²) in [6, 6.07) is 9.50. The third kappa shape index (κ3) is 3.86. The molecule has 3 aromatic carbocycles. The van der Waals surface area contributed by atoms with Gasteiger partial charge in [-0.1, -0.05) is 35.7 Å². The van der Waals surface area contributed by atoms with Crippen LogP contribution in [0.5, 0.6) is 0 Å². The zero-order valence-electron chi connectivity index (χ0n) is 12.7. The second kappa shape index (κ2) is 7.67. The summed E-state index contributed by atoms with van der Waals surface area (Å²) in [6.07, 6.45) is 0. The van der Waals surface area contributed by atoms with E-state index in [2.05, 4.69) is 0 Å². The fourth-order valence-electron chi connectivity index (χ4n) is 2.07. The molecule has 0 atom stereocenters. The number of benzene rings is 3. The highest BCUT2D eigenvalue weighted by Gasteiger charge is 2.27. The summed E-state index contributed by atoms with van der Waals surface area (Å²) in [5, 5.41) is 0. The molecular weight excluding hydrogens is 394 g/mol. The van der Waals surface area contributed by atoms with Gasteiger partial charge in [0.2, 0.25) is 0 Å². The second-order valence-corrected chi connectivity index (χ2v) is 7.20. The first-order valence-corrected chi connectivity index (χ1v) is 8.73. The Morgan fingerprint density at radius 2 is 0.846 bits per heavy atom. The number of halogens is 6. The maximum absolute atomic E-state index is 14.3. The summed E-state index contributed by atoms with van der Waals surface area (Å²) < 4.78 is 83.5. The minimum atomic E-state index is -1.60. The van der Waals surface area contributed by atoms with Crippen molar-refractivity contribution in [3.05, 3.63) is 83.4 Å². The van der Waals surface area contributed by atoms with Crippen molar-refractivity contribution >= 4 is 23.5 Å². The van der Waals surface area contributed by atoms with Crippen LogP contribution in [0.25, 0.3) is 0 Å². The minimum absolute atomic E-state index is 0.0760. The van der Waals surface area contributed by atoms with Crippen molar-refractivity contribution in [2.24, 2.45) is 0 Å². The molecule has 0 spiro atoms. The van der Waals surface area contributed by atoms with Crippen molar-refractivity contribution in [3.8, 4) is 0 Å². The van der Waals surface area contributed by atoms with E-state index in [1.54, 1.807) is 0 Å². The molecule has 0 saturated heterocycles. The molecule has 0 bridgehead atoms. The van der Waals surface area contributed by atoms with Crippen LogP contribution < -0.4 is 0 Å². The van der Waals surface area contributed by atoms with Crippen molar-refractivity contribution in [1.29, 1.82) is 0 Å². The van der Waals surface area contributed by atoms with E-state index >= 15 is 0 Å². The predicted octanol–water partition coefficient (Wildman–Crippen LogP) is 6.82. The molecule has 0 N–H and O–H groups in total. The Labute approximate surface area is 153 Å². The van der Waals surface area contributed by atoms with Gasteiger partial charge >= 0.3 is 0 Å². The number of rotatable bonds is 4. The summed E-state index contributed by atoms with van der Waals surface area (Å²) in [7, 11) is 0. The third-order valence-corrected chi connectivity index (χ3v) is 5.32. The fraction of sp³-hybridized carbons (Fsp3) is 0. The molecular formula is C18H8F6S2. The van der Waals surface area contributed by atoms with Gasteiger partial charge in [-0.25, -0.2) is 26.3 Å². The van der Waals surface area contributed by atoms with E-state index < -0.39 is 44.7 Å². The third-order valence-electron chi connectivity index (χ3n) is 3.21. The average Bonchev–Trinajstić information content (AvgIpc) is 2.61. The van der Waals surface area contributed by atoms with Crippen molar-refractivity contribution in [3.63, 3.8) is 0 Å². The zero-order valence-corrected chi connectivity index (χ0v) is 14.3. The van der Waals surface area contributed by atoms with Gasteiger partial charge in [-0.3, -0.25) is 0 Å². The lowest BCUT2D eigenvalue weighted by Gasteiger charge is -2.11. The van der Waals surface area contributed by atoms with E-state index in [0.29, 0.717) is 23.5 Å². The molecule has 0 aliphatic carbocycles. The molecule has 0 saturated carbocycles. The SMILES string of the molecule is Fc1cccc(Sc2c(F)c(F)c(Sc3cccc(F)c3)c(F)c2F)c1. The van der Waals surface area contributed by atoms with E-state index in [0.717, 1.165) is 24.3 Å². The average molecular weight is 402 g/mol. The Morgan fingerprint density at radius 1 is 0.500 bits per heavy atom. The molecule has 26 heavy (non-hydrogen) atoms. The smallest absolute Gasteiger partial charge is 0.177 e. The Hall–Kier alpha value is -2.06. The van der Waals surface area contributed by atoms with Crippen LogP contribution in [-0.2, 0) is 0 Å². The quantitative estimate of drug-likeness (QED) is 0.347. The Balaban J connectivity index is 2.02. The molecule has 0 aliphatic rings. The van der Waals surface area contributed by atoms with E-state index in [1.807, 2.05) is 0 Å². The van der Waals surface area contributed by atoms with Crippen LogP contribution in [0.4, 0.5) is 26.3 Å². The van der Waals surface area contributed by atoms with E-state index in [1.165, 1.54) is 24.3 Å². The summed E-state index contributed by atoms with van der Waals surface area (Å²) in [5.74, 6) is -7.71. The fourth-order valence-corrected chi connectivity index (χ4v) is 3.89. The van der Waals surface area contributed by atoms with Gasteiger partial charge in [-0.15, -0.1) is 0 Å². The monoisotopic (exact) mass is 402 g/mol. The molecule has 3 rings (SSSR count). The van der Waals surface area contributed by atoms with Crippen molar-refractivity contribution in [2.75, 3.05) is 0 Å². The number of hydrogen-bond acceptors (Lipinski definition) is 2. The first-order chi connectivity index (χ1) is 12.4. The molecule has 0 nitrogen and oxygen atoms in total. The van der Waals surface area contributed by atoms with Crippen molar-refractivity contribution in [1.82, 2.24) is 0 Å². The topological polar surface area (TPSA) is 0 Å². The summed E-state index contributed by atoms with van der Waals surface area (Å²) in [6.45, 7) is 0. The first-order valence-electron chi connectivity index (χ1n) is 7.09. The van der Waals surface area contributed by atoms with Gasteiger partial charge < -0.3 is 0 Å². The van der Waals surface area contributed by atoms with Gasteiger partial charge in [0.1, 0.15) is 11.6 Å². The van der Waals surface area contributed by atoms with E-state index in [-0.39, 0.29) is 9.79 Å². The van der Waals surface area contributed by atoms with Crippen LogP contribution in [0.1, 0.15) is 0 Å². The van der Waals surface area contributed by atoms with Gasteiger partial charge in [-0.2, -0.15) is 0 Å². The summed E-state index contributed by atoms with van der Waals surface area (Å²) in [5.41, 5.74) is 0. The lowest BCUT2D eigenvalue weighted by molar-refractivity contribution is 0.401. The van der Waals surface area contributed by atoms with Gasteiger partial charge in [-0.05, 0) is 36.4 Å². The highest BCUT2D eigenvalue weighted by molar-refractivity contribution is 7.99. The molecule has 0 fully saturated rings. The Morgan fingerprint density at radius 3 is 1.15 bits per heavy atom. The molecule has 0 unspecified atom stereocenters. The van der Waals surface area contributed by atoms with Gasteiger partial charge in [0.15, 0.2) is 23.3 Å². The molecule has 134 valence electrons. The van der Waals surface area contributed by atoms with Gasteiger partial charge in [0, 0.05) is 9.79 Å². The van der Waals surface area contributed by atoms with Crippen LogP contribution >= 0.6 is 23.5 Å². The molecule has 3 aromatic rings. The van der Waals surface area contributed by atoms with Crippen molar-refractivity contribution in [2.45, 2.75) is 19.6 Å². The Bertz CT molecular complexity index is 866. The molecule has 0 heterocycles. The summed E-state index contributed by atoms with van der Waals surface area (Å²) in [4.78, 5) is -1.69. The number of hydrogen-bond donors (Lipinski definition) is 0. The Kier molecular flexibility index (Phi) is 5.52. The largest absolute Gasteiger partial charge is 0.207 e. The first kappa shape index (κ1) is 18.7. The van der Waals surface area contributed by atoms with Crippen LogP contribution in [0.15, 0.2) is 68.1 Å². The molecule has 0 aliphatic heterocycles. The molecule has 0 aromatic heterocycles. The van der Waals surface area contributed by atoms with Crippen molar-refractivity contribution < 1.29 is 26.3 Å². The molecule has 0 radical (unpaired) electrons. The van der Waals surface area contributed by atoms with E-state index in [4.69, 9.17) is 0 Å². The van der Waals surface area contributed by atoms with Gasteiger partial charge in [0.25, 0.3) is 0 Å². The van der Waals surface area contributed by atoms with E-state index in [9.17, 15) is 26.3 Å². The van der Waals surface area contributed by atoms with Crippen LogP contribution in [-0.4, -0.2) is 0 Å². The highest BCUT2D eigenvalue weighted by atomic mass is 32.2. The van der Waals surface area contributed by atoms with Crippen LogP contribution in [0, 0.1) is 34.9 Å². The highest BCUT2D eigenvalue weighted by Crippen LogP contribution is 2.41.